The van der Waals surface area contributed by atoms with Gasteiger partial charge in [-0.15, -0.1) is 0 Å². The Labute approximate surface area is 114 Å². The molecule has 3 nitrogen and oxygen atoms in total. The van der Waals surface area contributed by atoms with Crippen molar-refractivity contribution in [2.75, 3.05) is 0 Å². The van der Waals surface area contributed by atoms with Gasteiger partial charge in [0.25, 0.3) is 0 Å². The van der Waals surface area contributed by atoms with E-state index in [1.807, 2.05) is 6.92 Å². The minimum absolute atomic E-state index is 0.122. The van der Waals surface area contributed by atoms with Crippen molar-refractivity contribution in [2.45, 2.75) is 19.6 Å². The van der Waals surface area contributed by atoms with Crippen LogP contribution < -0.4 is 0 Å². The molecule has 1 heterocycles. The highest BCUT2D eigenvalue weighted by molar-refractivity contribution is 6.31. The molecule has 2 rings (SSSR count). The first-order valence-electron chi connectivity index (χ1n) is 5.38. The van der Waals surface area contributed by atoms with Crippen LogP contribution in [0.5, 0.6) is 0 Å². The number of halogens is 3. The van der Waals surface area contributed by atoms with Crippen LogP contribution in [-0.2, 0) is 6.54 Å². The Bertz CT molecular complexity index is 571. The highest BCUT2D eigenvalue weighted by Crippen LogP contribution is 2.30. The molecule has 0 radical (unpaired) electrons. The van der Waals surface area contributed by atoms with Gasteiger partial charge in [-0.25, -0.2) is 4.39 Å². The van der Waals surface area contributed by atoms with Crippen molar-refractivity contribution in [1.82, 2.24) is 9.78 Å². The zero-order chi connectivity index (χ0) is 13.3. The lowest BCUT2D eigenvalue weighted by molar-refractivity contribution is 0.203. The molecule has 1 unspecified atom stereocenters. The van der Waals surface area contributed by atoms with Crippen LogP contribution >= 0.6 is 23.2 Å². The molecule has 0 amide bonds. The SMILES string of the molecule is CCn1ncc(Cl)c1C(O)c1ccc(Cl)cc1F. The number of aryl methyl sites for hydroxylation is 1. The quantitative estimate of drug-likeness (QED) is 0.940. The number of aliphatic hydroxyl groups excluding tert-OH is 1. The zero-order valence-electron chi connectivity index (χ0n) is 9.57. The maximum atomic E-state index is 13.7. The van der Waals surface area contributed by atoms with Gasteiger partial charge in [0.2, 0.25) is 0 Å². The Morgan fingerprint density at radius 2 is 2.17 bits per heavy atom. The first kappa shape index (κ1) is 13.3. The van der Waals surface area contributed by atoms with E-state index in [0.717, 1.165) is 6.07 Å². The largest absolute Gasteiger partial charge is 0.382 e. The van der Waals surface area contributed by atoms with Crippen LogP contribution in [0.1, 0.15) is 24.3 Å². The van der Waals surface area contributed by atoms with Gasteiger partial charge in [0, 0.05) is 17.1 Å². The maximum absolute atomic E-state index is 13.7. The third-order valence-corrected chi connectivity index (χ3v) is 3.18. The molecule has 6 heteroatoms. The van der Waals surface area contributed by atoms with Gasteiger partial charge in [0.05, 0.1) is 16.9 Å². The van der Waals surface area contributed by atoms with E-state index in [1.165, 1.54) is 23.0 Å². The maximum Gasteiger partial charge on any atom is 0.130 e. The summed E-state index contributed by atoms with van der Waals surface area (Å²) in [5.74, 6) is -0.574. The van der Waals surface area contributed by atoms with E-state index < -0.39 is 11.9 Å². The Balaban J connectivity index is 2.47. The molecule has 0 saturated heterocycles. The lowest BCUT2D eigenvalue weighted by Gasteiger charge is -2.14. The molecule has 0 aliphatic rings. The lowest BCUT2D eigenvalue weighted by atomic mass is 10.1. The Morgan fingerprint density at radius 3 is 2.78 bits per heavy atom. The summed E-state index contributed by atoms with van der Waals surface area (Å²) >= 11 is 11.6. The molecule has 1 aromatic heterocycles. The summed E-state index contributed by atoms with van der Waals surface area (Å²) in [6, 6.07) is 4.11. The Hall–Kier alpha value is -1.10. The predicted molar refractivity (Wildman–Crippen MR) is 68.4 cm³/mol. The Kier molecular flexibility index (Phi) is 3.90. The lowest BCUT2D eigenvalue weighted by Crippen LogP contribution is -2.11. The molecule has 1 N–H and O–H groups in total. The van der Waals surface area contributed by atoms with E-state index in [9.17, 15) is 9.50 Å². The number of hydrogen-bond donors (Lipinski definition) is 1. The number of aliphatic hydroxyl groups is 1. The van der Waals surface area contributed by atoms with Gasteiger partial charge in [-0.3, -0.25) is 4.68 Å². The van der Waals surface area contributed by atoms with E-state index in [1.54, 1.807) is 0 Å². The first-order valence-corrected chi connectivity index (χ1v) is 6.14. The predicted octanol–water partition coefficient (Wildman–Crippen LogP) is 3.43. The summed E-state index contributed by atoms with van der Waals surface area (Å²) in [6.45, 7) is 2.39. The molecule has 0 spiro atoms. The summed E-state index contributed by atoms with van der Waals surface area (Å²) in [7, 11) is 0. The highest BCUT2D eigenvalue weighted by Gasteiger charge is 2.22. The summed E-state index contributed by atoms with van der Waals surface area (Å²) in [5, 5.41) is 14.8. The second kappa shape index (κ2) is 5.26. The highest BCUT2D eigenvalue weighted by atomic mass is 35.5. The molecule has 2 aromatic rings. The van der Waals surface area contributed by atoms with Crippen molar-refractivity contribution in [3.05, 3.63) is 51.5 Å². The standard InChI is InChI=1S/C12H11Cl2FN2O/c1-2-17-11(9(14)6-16-17)12(18)8-4-3-7(13)5-10(8)15/h3-6,12,18H,2H2,1H3. The van der Waals surface area contributed by atoms with E-state index in [0.29, 0.717) is 17.3 Å². The molecular weight excluding hydrogens is 278 g/mol. The molecule has 0 saturated carbocycles. The first-order chi connectivity index (χ1) is 8.54. The van der Waals surface area contributed by atoms with Gasteiger partial charge >= 0.3 is 0 Å². The molecule has 0 fully saturated rings. The van der Waals surface area contributed by atoms with Gasteiger partial charge in [-0.1, -0.05) is 29.3 Å². The van der Waals surface area contributed by atoms with E-state index in [2.05, 4.69) is 5.10 Å². The number of hydrogen-bond acceptors (Lipinski definition) is 2. The summed E-state index contributed by atoms with van der Waals surface area (Å²) < 4.78 is 15.3. The van der Waals surface area contributed by atoms with Crippen LogP contribution in [0.3, 0.4) is 0 Å². The van der Waals surface area contributed by atoms with E-state index in [4.69, 9.17) is 23.2 Å². The molecule has 1 aromatic carbocycles. The summed E-state index contributed by atoms with van der Waals surface area (Å²) in [5.41, 5.74) is 0.497. The van der Waals surface area contributed by atoms with Gasteiger partial charge in [0.15, 0.2) is 0 Å². The summed E-state index contributed by atoms with van der Waals surface area (Å²) in [6.07, 6.45) is 0.259. The topological polar surface area (TPSA) is 38.0 Å². The molecule has 18 heavy (non-hydrogen) atoms. The fourth-order valence-corrected chi connectivity index (χ4v) is 2.17. The van der Waals surface area contributed by atoms with Crippen molar-refractivity contribution in [2.24, 2.45) is 0 Å². The van der Waals surface area contributed by atoms with Crippen molar-refractivity contribution >= 4 is 23.2 Å². The third-order valence-electron chi connectivity index (χ3n) is 2.65. The van der Waals surface area contributed by atoms with Crippen molar-refractivity contribution in [1.29, 1.82) is 0 Å². The minimum atomic E-state index is -1.17. The van der Waals surface area contributed by atoms with Crippen LogP contribution in [0, 0.1) is 5.82 Å². The Morgan fingerprint density at radius 1 is 1.44 bits per heavy atom. The van der Waals surface area contributed by atoms with Gasteiger partial charge < -0.3 is 5.11 Å². The van der Waals surface area contributed by atoms with E-state index in [-0.39, 0.29) is 10.6 Å². The average molecular weight is 289 g/mol. The van der Waals surface area contributed by atoms with Gasteiger partial charge in [0.1, 0.15) is 11.9 Å². The van der Waals surface area contributed by atoms with Crippen molar-refractivity contribution in [3.63, 3.8) is 0 Å². The normalized spacial score (nSPS) is 12.7. The molecule has 0 aliphatic carbocycles. The van der Waals surface area contributed by atoms with Crippen LogP contribution in [0.2, 0.25) is 10.0 Å². The molecule has 0 aliphatic heterocycles. The van der Waals surface area contributed by atoms with Gasteiger partial charge in [-0.05, 0) is 19.1 Å². The van der Waals surface area contributed by atoms with Crippen LogP contribution in [0.4, 0.5) is 4.39 Å². The fraction of sp³-hybridized carbons (Fsp3) is 0.250. The van der Waals surface area contributed by atoms with Crippen molar-refractivity contribution < 1.29 is 9.50 Å². The number of benzene rings is 1. The second-order valence-electron chi connectivity index (χ2n) is 3.76. The average Bonchev–Trinajstić information content (AvgIpc) is 2.69. The molecule has 1 atom stereocenters. The smallest absolute Gasteiger partial charge is 0.130 e. The number of rotatable bonds is 3. The van der Waals surface area contributed by atoms with Gasteiger partial charge in [-0.2, -0.15) is 5.10 Å². The van der Waals surface area contributed by atoms with Crippen LogP contribution in [0.15, 0.2) is 24.4 Å². The van der Waals surface area contributed by atoms with Crippen LogP contribution in [0.25, 0.3) is 0 Å². The molecule has 0 bridgehead atoms. The zero-order valence-corrected chi connectivity index (χ0v) is 11.1. The minimum Gasteiger partial charge on any atom is -0.382 e. The second-order valence-corrected chi connectivity index (χ2v) is 4.61. The number of nitrogens with zero attached hydrogens (tertiary/aromatic N) is 2. The molecular formula is C12H11Cl2FN2O. The summed E-state index contributed by atoms with van der Waals surface area (Å²) in [4.78, 5) is 0. The number of aromatic nitrogens is 2. The van der Waals surface area contributed by atoms with Crippen LogP contribution in [-0.4, -0.2) is 14.9 Å². The fourth-order valence-electron chi connectivity index (χ4n) is 1.77. The van der Waals surface area contributed by atoms with Crippen molar-refractivity contribution in [3.8, 4) is 0 Å². The third kappa shape index (κ3) is 2.36. The molecule has 96 valence electrons. The monoisotopic (exact) mass is 288 g/mol. The van der Waals surface area contributed by atoms with E-state index >= 15 is 0 Å².